The molecule has 0 unspecified atom stereocenters. The molecule has 1 aliphatic heterocycles. The van der Waals surface area contributed by atoms with Crippen molar-refractivity contribution >= 4 is 22.5 Å². The van der Waals surface area contributed by atoms with Crippen molar-refractivity contribution in [2.45, 2.75) is 26.2 Å². The Labute approximate surface area is 178 Å². The standard InChI is InChI=1S/C27H27N3/c1-21-15-16-25-23(19-21)20-26(22-11-5-2-6-12-22)30(25)27(29-17-9-4-10-18-29)28-24-13-7-3-8-14-24/h2-3,5-8,11-16,19-20H,4,9-10,17-18H2,1H3. The lowest BCUT2D eigenvalue weighted by molar-refractivity contribution is 0.335. The molecule has 2 heterocycles. The summed E-state index contributed by atoms with van der Waals surface area (Å²) in [5.41, 5.74) is 5.88. The maximum Gasteiger partial charge on any atom is 0.211 e. The van der Waals surface area contributed by atoms with Crippen LogP contribution in [0.25, 0.3) is 22.2 Å². The number of aryl methyl sites for hydroxylation is 1. The molecule has 5 rings (SSSR count). The number of hydrogen-bond acceptors (Lipinski definition) is 1. The first kappa shape index (κ1) is 18.7. The van der Waals surface area contributed by atoms with Crippen LogP contribution in [0.1, 0.15) is 24.8 Å². The summed E-state index contributed by atoms with van der Waals surface area (Å²) in [6.45, 7) is 4.25. The number of para-hydroxylation sites is 1. The quantitative estimate of drug-likeness (QED) is 0.276. The van der Waals surface area contributed by atoms with E-state index in [1.54, 1.807) is 0 Å². The molecule has 1 aliphatic rings. The van der Waals surface area contributed by atoms with Gasteiger partial charge in [-0.3, -0.25) is 4.57 Å². The molecule has 0 aliphatic carbocycles. The molecule has 1 saturated heterocycles. The number of hydrogen-bond donors (Lipinski definition) is 0. The van der Waals surface area contributed by atoms with E-state index in [1.807, 2.05) is 6.07 Å². The van der Waals surface area contributed by atoms with Crippen molar-refractivity contribution in [2.24, 2.45) is 4.99 Å². The van der Waals surface area contributed by atoms with Crippen LogP contribution < -0.4 is 0 Å². The van der Waals surface area contributed by atoms with Gasteiger partial charge in [-0.05, 0) is 62.1 Å². The van der Waals surface area contributed by atoms with Gasteiger partial charge in [0.2, 0.25) is 5.96 Å². The molecular formula is C27H27N3. The van der Waals surface area contributed by atoms with Crippen molar-refractivity contribution in [1.29, 1.82) is 0 Å². The molecule has 0 radical (unpaired) electrons. The fourth-order valence-electron chi connectivity index (χ4n) is 4.35. The number of fused-ring (bicyclic) bond motifs is 1. The van der Waals surface area contributed by atoms with Crippen molar-refractivity contribution in [3.63, 3.8) is 0 Å². The van der Waals surface area contributed by atoms with Gasteiger partial charge in [0.05, 0.1) is 16.9 Å². The second kappa shape index (κ2) is 8.19. The van der Waals surface area contributed by atoms with E-state index in [-0.39, 0.29) is 0 Å². The third-order valence-electron chi connectivity index (χ3n) is 5.85. The minimum Gasteiger partial charge on any atom is -0.342 e. The van der Waals surface area contributed by atoms with Gasteiger partial charge in [0.25, 0.3) is 0 Å². The van der Waals surface area contributed by atoms with Crippen molar-refractivity contribution in [3.05, 3.63) is 90.5 Å². The fraction of sp³-hybridized carbons (Fsp3) is 0.222. The van der Waals surface area contributed by atoms with E-state index >= 15 is 0 Å². The van der Waals surface area contributed by atoms with E-state index in [4.69, 9.17) is 4.99 Å². The molecule has 0 N–H and O–H groups in total. The minimum atomic E-state index is 0.992. The number of piperidine rings is 1. The highest BCUT2D eigenvalue weighted by atomic mass is 15.3. The summed E-state index contributed by atoms with van der Waals surface area (Å²) in [6.07, 6.45) is 3.73. The summed E-state index contributed by atoms with van der Waals surface area (Å²) in [7, 11) is 0. The zero-order valence-corrected chi connectivity index (χ0v) is 17.5. The highest BCUT2D eigenvalue weighted by Gasteiger charge is 2.22. The molecule has 30 heavy (non-hydrogen) atoms. The Morgan fingerprint density at radius 1 is 0.767 bits per heavy atom. The average Bonchev–Trinajstić information content (AvgIpc) is 3.17. The maximum absolute atomic E-state index is 5.19. The van der Waals surface area contributed by atoms with Crippen LogP contribution >= 0.6 is 0 Å². The predicted octanol–water partition coefficient (Wildman–Crippen LogP) is 6.64. The molecule has 0 atom stereocenters. The SMILES string of the molecule is Cc1ccc2c(c1)cc(-c1ccccc1)n2C(=Nc1ccccc1)N1CCCCC1. The van der Waals surface area contributed by atoms with E-state index in [0.717, 1.165) is 24.7 Å². The van der Waals surface area contributed by atoms with Crippen molar-refractivity contribution < 1.29 is 0 Å². The Morgan fingerprint density at radius 3 is 2.20 bits per heavy atom. The van der Waals surface area contributed by atoms with Gasteiger partial charge < -0.3 is 4.90 Å². The average molecular weight is 394 g/mol. The number of benzene rings is 3. The van der Waals surface area contributed by atoms with Crippen LogP contribution in [0.2, 0.25) is 0 Å². The summed E-state index contributed by atoms with van der Waals surface area (Å²) in [5.74, 6) is 1.03. The van der Waals surface area contributed by atoms with Crippen molar-refractivity contribution in [3.8, 4) is 11.3 Å². The fourth-order valence-corrected chi connectivity index (χ4v) is 4.35. The smallest absolute Gasteiger partial charge is 0.211 e. The Hall–Kier alpha value is -3.33. The molecule has 3 nitrogen and oxygen atoms in total. The van der Waals surface area contributed by atoms with Gasteiger partial charge in [0, 0.05) is 18.5 Å². The van der Waals surface area contributed by atoms with E-state index in [9.17, 15) is 0 Å². The van der Waals surface area contributed by atoms with Gasteiger partial charge >= 0.3 is 0 Å². The van der Waals surface area contributed by atoms with E-state index in [0.29, 0.717) is 0 Å². The Bertz CT molecular complexity index is 1170. The van der Waals surface area contributed by atoms with Gasteiger partial charge in [0.15, 0.2) is 0 Å². The van der Waals surface area contributed by atoms with Crippen LogP contribution in [0.4, 0.5) is 5.69 Å². The summed E-state index contributed by atoms with van der Waals surface area (Å²) in [4.78, 5) is 7.65. The molecule has 0 saturated carbocycles. The Morgan fingerprint density at radius 2 is 1.47 bits per heavy atom. The third kappa shape index (κ3) is 3.63. The van der Waals surface area contributed by atoms with Crippen LogP contribution in [-0.4, -0.2) is 28.5 Å². The zero-order valence-electron chi connectivity index (χ0n) is 17.5. The maximum atomic E-state index is 5.19. The van der Waals surface area contributed by atoms with E-state index in [2.05, 4.69) is 95.3 Å². The number of aliphatic imine (C=N–C) groups is 1. The first-order valence-corrected chi connectivity index (χ1v) is 10.9. The first-order chi connectivity index (χ1) is 14.8. The normalized spacial score (nSPS) is 15.0. The topological polar surface area (TPSA) is 20.5 Å². The Kier molecular flexibility index (Phi) is 5.10. The summed E-state index contributed by atoms with van der Waals surface area (Å²) >= 11 is 0. The van der Waals surface area contributed by atoms with Crippen molar-refractivity contribution in [1.82, 2.24) is 9.47 Å². The number of aromatic nitrogens is 1. The molecule has 0 spiro atoms. The highest BCUT2D eigenvalue weighted by molar-refractivity contribution is 6.00. The number of likely N-dealkylation sites (tertiary alicyclic amines) is 1. The second-order valence-electron chi connectivity index (χ2n) is 8.09. The predicted molar refractivity (Wildman–Crippen MR) is 126 cm³/mol. The molecular weight excluding hydrogens is 366 g/mol. The molecule has 1 aromatic heterocycles. The highest BCUT2D eigenvalue weighted by Crippen LogP contribution is 2.31. The zero-order chi connectivity index (χ0) is 20.3. The van der Waals surface area contributed by atoms with Gasteiger partial charge in [0.1, 0.15) is 0 Å². The lowest BCUT2D eigenvalue weighted by Gasteiger charge is -2.31. The minimum absolute atomic E-state index is 0.992. The molecule has 3 heteroatoms. The van der Waals surface area contributed by atoms with Crippen LogP contribution in [0, 0.1) is 6.92 Å². The van der Waals surface area contributed by atoms with Gasteiger partial charge in [-0.25, -0.2) is 4.99 Å². The lowest BCUT2D eigenvalue weighted by atomic mass is 10.1. The molecule has 1 fully saturated rings. The van der Waals surface area contributed by atoms with E-state index < -0.39 is 0 Å². The summed E-state index contributed by atoms with van der Waals surface area (Å²) in [5, 5.41) is 1.26. The lowest BCUT2D eigenvalue weighted by Crippen LogP contribution is -2.39. The van der Waals surface area contributed by atoms with Gasteiger partial charge in [-0.2, -0.15) is 0 Å². The third-order valence-corrected chi connectivity index (χ3v) is 5.85. The molecule has 0 amide bonds. The molecule has 3 aromatic carbocycles. The molecule has 4 aromatic rings. The first-order valence-electron chi connectivity index (χ1n) is 10.9. The second-order valence-corrected chi connectivity index (χ2v) is 8.09. The van der Waals surface area contributed by atoms with E-state index in [1.165, 1.54) is 47.0 Å². The van der Waals surface area contributed by atoms with Crippen LogP contribution in [0.3, 0.4) is 0 Å². The number of nitrogens with zero attached hydrogens (tertiary/aromatic N) is 3. The number of rotatable bonds is 2. The monoisotopic (exact) mass is 393 g/mol. The molecule has 150 valence electrons. The van der Waals surface area contributed by atoms with Gasteiger partial charge in [-0.1, -0.05) is 60.2 Å². The largest absolute Gasteiger partial charge is 0.342 e. The van der Waals surface area contributed by atoms with Gasteiger partial charge in [-0.15, -0.1) is 0 Å². The van der Waals surface area contributed by atoms with Crippen LogP contribution in [-0.2, 0) is 0 Å². The Balaban J connectivity index is 1.77. The van der Waals surface area contributed by atoms with Crippen LogP contribution in [0.5, 0.6) is 0 Å². The summed E-state index contributed by atoms with van der Waals surface area (Å²) in [6, 6.07) is 30.0. The summed E-state index contributed by atoms with van der Waals surface area (Å²) < 4.78 is 2.36. The molecule has 0 bridgehead atoms. The van der Waals surface area contributed by atoms with Crippen molar-refractivity contribution in [2.75, 3.05) is 13.1 Å². The van der Waals surface area contributed by atoms with Crippen LogP contribution in [0.15, 0.2) is 89.9 Å².